The number of piperidine rings is 1. The Balaban J connectivity index is 1.68. The van der Waals surface area contributed by atoms with E-state index in [9.17, 15) is 9.90 Å². The lowest BCUT2D eigenvalue weighted by atomic mass is 9.91. The van der Waals surface area contributed by atoms with E-state index >= 15 is 0 Å². The van der Waals surface area contributed by atoms with Crippen LogP contribution in [0, 0.1) is 5.92 Å². The fraction of sp³-hybridized carbons (Fsp3) is 0.364. The van der Waals surface area contributed by atoms with Crippen molar-refractivity contribution < 1.29 is 9.90 Å². The lowest BCUT2D eigenvalue weighted by Gasteiger charge is -2.28. The summed E-state index contributed by atoms with van der Waals surface area (Å²) in [6.45, 7) is 3.68. The molecule has 158 valence electrons. The fourth-order valence-electron chi connectivity index (χ4n) is 4.06. The molecule has 0 spiro atoms. The zero-order valence-corrected chi connectivity index (χ0v) is 18.2. The van der Waals surface area contributed by atoms with Crippen LogP contribution in [0.5, 0.6) is 5.75 Å². The number of hydrazine groups is 1. The molecule has 2 aliphatic rings. The Morgan fingerprint density at radius 2 is 1.80 bits per heavy atom. The monoisotopic (exact) mass is 446 g/mol. The van der Waals surface area contributed by atoms with Crippen molar-refractivity contribution in [2.75, 3.05) is 18.1 Å². The Morgan fingerprint density at radius 3 is 2.47 bits per heavy atom. The Kier molecular flexibility index (Phi) is 6.18. The number of nitrogens with zero attached hydrogens (tertiary/aromatic N) is 3. The second-order valence-electron chi connectivity index (χ2n) is 7.74. The first kappa shape index (κ1) is 21.0. The van der Waals surface area contributed by atoms with Gasteiger partial charge in [0.1, 0.15) is 11.5 Å². The van der Waals surface area contributed by atoms with Gasteiger partial charge in [0.2, 0.25) is 0 Å². The number of carbonyl (C=O) groups is 1. The van der Waals surface area contributed by atoms with Gasteiger partial charge in [-0.2, -0.15) is 5.10 Å². The second-order valence-corrected chi connectivity index (χ2v) is 8.58. The maximum atomic E-state index is 13.1. The first-order valence-corrected chi connectivity index (χ1v) is 10.9. The molecular weight excluding hydrogens is 423 g/mol. The highest BCUT2D eigenvalue weighted by Crippen LogP contribution is 2.42. The lowest BCUT2D eigenvalue weighted by molar-refractivity contribution is -0.120. The van der Waals surface area contributed by atoms with Gasteiger partial charge in [-0.15, -0.1) is 0 Å². The van der Waals surface area contributed by atoms with Crippen LogP contribution in [0.3, 0.4) is 0 Å². The SMILES string of the molecule is C[C@@H]1C(C(=O)NN2CCCCC2)=NN(c2ccc(Cl)cc2Cl)[C@H]1c1ccc(O)cc1. The van der Waals surface area contributed by atoms with Crippen molar-refractivity contribution in [3.05, 3.63) is 58.1 Å². The molecule has 0 saturated carbocycles. The summed E-state index contributed by atoms with van der Waals surface area (Å²) in [5.41, 5.74) is 5.06. The van der Waals surface area contributed by atoms with E-state index in [0.29, 0.717) is 21.4 Å². The average Bonchev–Trinajstić information content (AvgIpc) is 3.06. The number of nitrogens with one attached hydrogen (secondary N) is 1. The predicted molar refractivity (Wildman–Crippen MR) is 120 cm³/mol. The third-order valence-corrected chi connectivity index (χ3v) is 6.16. The zero-order valence-electron chi connectivity index (χ0n) is 16.7. The highest BCUT2D eigenvalue weighted by molar-refractivity contribution is 6.41. The molecule has 0 aliphatic carbocycles. The molecule has 0 aromatic heterocycles. The van der Waals surface area contributed by atoms with Crippen LogP contribution in [0.25, 0.3) is 0 Å². The second kappa shape index (κ2) is 8.84. The Hall–Kier alpha value is -2.28. The third-order valence-electron chi connectivity index (χ3n) is 5.62. The summed E-state index contributed by atoms with van der Waals surface area (Å²) in [5.74, 6) is -0.198. The molecule has 1 amide bonds. The van der Waals surface area contributed by atoms with Crippen LogP contribution in [-0.4, -0.2) is 34.8 Å². The van der Waals surface area contributed by atoms with Crippen LogP contribution in [0.15, 0.2) is 47.6 Å². The quantitative estimate of drug-likeness (QED) is 0.709. The number of amides is 1. The van der Waals surface area contributed by atoms with Crippen molar-refractivity contribution in [1.82, 2.24) is 10.4 Å². The predicted octanol–water partition coefficient (Wildman–Crippen LogP) is 4.77. The highest BCUT2D eigenvalue weighted by atomic mass is 35.5. The number of carbonyl (C=O) groups excluding carboxylic acids is 1. The molecule has 1 saturated heterocycles. The number of benzene rings is 2. The molecule has 1 fully saturated rings. The van der Waals surface area contributed by atoms with Crippen molar-refractivity contribution in [3.8, 4) is 5.75 Å². The summed E-state index contributed by atoms with van der Waals surface area (Å²) in [4.78, 5) is 13.1. The Morgan fingerprint density at radius 1 is 1.10 bits per heavy atom. The highest BCUT2D eigenvalue weighted by Gasteiger charge is 2.40. The van der Waals surface area contributed by atoms with Crippen LogP contribution in [0.4, 0.5) is 5.69 Å². The molecular formula is C22H24Cl2N4O2. The molecule has 2 atom stereocenters. The number of anilines is 1. The fourth-order valence-corrected chi connectivity index (χ4v) is 4.56. The molecule has 0 radical (unpaired) electrons. The Labute approximate surface area is 186 Å². The minimum atomic E-state index is -0.244. The number of hydrazone groups is 1. The van der Waals surface area contributed by atoms with Crippen LogP contribution < -0.4 is 10.4 Å². The zero-order chi connectivity index (χ0) is 21.3. The van der Waals surface area contributed by atoms with Crippen LogP contribution in [-0.2, 0) is 4.79 Å². The van der Waals surface area contributed by atoms with Gasteiger partial charge in [0.15, 0.2) is 0 Å². The normalized spacial score (nSPS) is 22.1. The van der Waals surface area contributed by atoms with E-state index < -0.39 is 0 Å². The number of hydrogen-bond acceptors (Lipinski definition) is 5. The molecule has 2 aliphatic heterocycles. The number of phenols is 1. The van der Waals surface area contributed by atoms with E-state index in [1.165, 1.54) is 6.42 Å². The van der Waals surface area contributed by atoms with Crippen LogP contribution >= 0.6 is 23.2 Å². The average molecular weight is 447 g/mol. The molecule has 4 rings (SSSR count). The van der Waals surface area contributed by atoms with Gasteiger partial charge in [-0.25, -0.2) is 5.01 Å². The van der Waals surface area contributed by atoms with E-state index in [1.54, 1.807) is 35.3 Å². The van der Waals surface area contributed by atoms with Crippen LogP contribution in [0.2, 0.25) is 10.0 Å². The standard InChI is InChI=1S/C22H24Cl2N4O2/c1-14-20(22(30)26-27-11-3-2-4-12-27)25-28(19-10-7-16(23)13-18(19)24)21(14)15-5-8-17(29)9-6-15/h5-10,13-14,21,29H,2-4,11-12H2,1H3,(H,26,30)/t14-,21-/m1/s1. The Bertz CT molecular complexity index is 958. The van der Waals surface area contributed by atoms with Crippen molar-refractivity contribution in [2.45, 2.75) is 32.2 Å². The third kappa shape index (κ3) is 4.26. The van der Waals surface area contributed by atoms with Gasteiger partial charge in [-0.3, -0.25) is 15.2 Å². The van der Waals surface area contributed by atoms with Gasteiger partial charge in [0.25, 0.3) is 5.91 Å². The number of hydrogen-bond donors (Lipinski definition) is 2. The first-order valence-electron chi connectivity index (χ1n) is 10.1. The van der Waals surface area contributed by atoms with E-state index in [4.69, 9.17) is 28.3 Å². The summed E-state index contributed by atoms with van der Waals surface area (Å²) in [6, 6.07) is 11.9. The molecule has 6 nitrogen and oxygen atoms in total. The van der Waals surface area contributed by atoms with Gasteiger partial charge >= 0.3 is 0 Å². The largest absolute Gasteiger partial charge is 0.508 e. The summed E-state index contributed by atoms with van der Waals surface area (Å²) in [6.07, 6.45) is 3.34. The molecule has 30 heavy (non-hydrogen) atoms. The van der Waals surface area contributed by atoms with Crippen LogP contribution in [0.1, 0.15) is 37.8 Å². The number of phenolic OH excluding ortho intramolecular Hbond substituents is 1. The van der Waals surface area contributed by atoms with Gasteiger partial charge < -0.3 is 5.11 Å². The van der Waals surface area contributed by atoms with Crippen molar-refractivity contribution in [2.24, 2.45) is 11.0 Å². The van der Waals surface area contributed by atoms with E-state index in [-0.39, 0.29) is 23.6 Å². The lowest BCUT2D eigenvalue weighted by Crippen LogP contribution is -2.48. The van der Waals surface area contributed by atoms with Crippen molar-refractivity contribution in [1.29, 1.82) is 0 Å². The molecule has 0 bridgehead atoms. The van der Waals surface area contributed by atoms with Gasteiger partial charge in [0, 0.05) is 24.0 Å². The summed E-state index contributed by atoms with van der Waals surface area (Å²) < 4.78 is 0. The molecule has 2 aromatic rings. The van der Waals surface area contributed by atoms with Gasteiger partial charge in [-0.1, -0.05) is 48.7 Å². The smallest absolute Gasteiger partial charge is 0.282 e. The van der Waals surface area contributed by atoms with E-state index in [0.717, 1.165) is 31.5 Å². The number of halogens is 2. The molecule has 0 unspecified atom stereocenters. The van der Waals surface area contributed by atoms with E-state index in [2.05, 4.69) is 5.43 Å². The van der Waals surface area contributed by atoms with Crippen molar-refractivity contribution in [3.63, 3.8) is 0 Å². The summed E-state index contributed by atoms with van der Waals surface area (Å²) >= 11 is 12.5. The number of aromatic hydroxyl groups is 1. The first-order chi connectivity index (χ1) is 14.4. The van der Waals surface area contributed by atoms with Gasteiger partial charge in [-0.05, 0) is 48.7 Å². The van der Waals surface area contributed by atoms with E-state index in [1.807, 2.05) is 24.1 Å². The number of rotatable bonds is 4. The minimum Gasteiger partial charge on any atom is -0.508 e. The summed E-state index contributed by atoms with van der Waals surface area (Å²) in [5, 5.41) is 19.1. The minimum absolute atomic E-state index is 0.185. The maximum Gasteiger partial charge on any atom is 0.282 e. The topological polar surface area (TPSA) is 68.2 Å². The molecule has 2 N–H and O–H groups in total. The molecule has 2 heterocycles. The molecule has 8 heteroatoms. The van der Waals surface area contributed by atoms with Gasteiger partial charge in [0.05, 0.1) is 16.8 Å². The maximum absolute atomic E-state index is 13.1. The summed E-state index contributed by atoms with van der Waals surface area (Å²) in [7, 11) is 0. The molecule has 2 aromatic carbocycles. The van der Waals surface area contributed by atoms with Crippen molar-refractivity contribution >= 4 is 40.5 Å².